The van der Waals surface area contributed by atoms with E-state index in [0.29, 0.717) is 18.4 Å². The Bertz CT molecular complexity index is 984. The summed E-state index contributed by atoms with van der Waals surface area (Å²) in [5.41, 5.74) is 0.242. The van der Waals surface area contributed by atoms with E-state index in [1.807, 2.05) is 65.8 Å². The number of carbonyl (C=O) groups excluding carboxylic acids is 4. The molecule has 0 saturated heterocycles. The zero-order chi connectivity index (χ0) is 30.7. The summed E-state index contributed by atoms with van der Waals surface area (Å²) in [6.07, 6.45) is 1.33. The first-order chi connectivity index (χ1) is 18.6. The number of rotatable bonds is 14. The molecule has 0 aliphatic rings. The third kappa shape index (κ3) is 10.5. The first-order valence-corrected chi connectivity index (χ1v) is 14.5. The van der Waals surface area contributed by atoms with Gasteiger partial charge in [0.15, 0.2) is 0 Å². The fourth-order valence-electron chi connectivity index (χ4n) is 4.18. The number of ether oxygens (including phenoxy) is 2. The minimum absolute atomic E-state index is 0.0158. The number of nitrogens with zero attached hydrogens (tertiary/aromatic N) is 1. The molecule has 3 unspecified atom stereocenters. The van der Waals surface area contributed by atoms with Gasteiger partial charge in [-0.25, -0.2) is 4.79 Å². The molecule has 2 N–H and O–H groups in total. The van der Waals surface area contributed by atoms with Crippen LogP contribution in [0.5, 0.6) is 0 Å². The molecular weight excluding hydrogens is 510 g/mol. The SMILES string of the molecule is CCOC(=O)CCNC(=O)C(c1ccc(CC)cc1)N(C(=O)C(NC(=O)OC(C)(C)C)C(C)CC)C(C)(C)CC. The molecule has 0 aromatic heterocycles. The van der Waals surface area contributed by atoms with E-state index in [-0.39, 0.29) is 31.4 Å². The summed E-state index contributed by atoms with van der Waals surface area (Å²) in [5.74, 6) is -1.43. The lowest BCUT2D eigenvalue weighted by Crippen LogP contribution is -2.60. The van der Waals surface area contributed by atoms with Crippen LogP contribution in [-0.4, -0.2) is 59.1 Å². The van der Waals surface area contributed by atoms with Gasteiger partial charge in [-0.1, -0.05) is 58.4 Å². The molecule has 3 amide bonds. The highest BCUT2D eigenvalue weighted by molar-refractivity contribution is 5.93. The summed E-state index contributed by atoms with van der Waals surface area (Å²) < 4.78 is 10.5. The molecule has 1 aromatic carbocycles. The van der Waals surface area contributed by atoms with Gasteiger partial charge in [0.1, 0.15) is 17.7 Å². The molecule has 40 heavy (non-hydrogen) atoms. The minimum atomic E-state index is -0.998. The average molecular weight is 562 g/mol. The van der Waals surface area contributed by atoms with Crippen molar-refractivity contribution in [2.75, 3.05) is 13.2 Å². The monoisotopic (exact) mass is 561 g/mol. The predicted molar refractivity (Wildman–Crippen MR) is 157 cm³/mol. The Balaban J connectivity index is 3.60. The van der Waals surface area contributed by atoms with Gasteiger partial charge in [0.25, 0.3) is 0 Å². The number of aryl methyl sites for hydroxylation is 1. The van der Waals surface area contributed by atoms with Crippen molar-refractivity contribution in [3.63, 3.8) is 0 Å². The number of hydrogen-bond acceptors (Lipinski definition) is 6. The smallest absolute Gasteiger partial charge is 0.408 e. The van der Waals surface area contributed by atoms with E-state index in [9.17, 15) is 19.2 Å². The summed E-state index contributed by atoms with van der Waals surface area (Å²) in [5, 5.41) is 5.63. The van der Waals surface area contributed by atoms with Crippen molar-refractivity contribution in [1.82, 2.24) is 15.5 Å². The van der Waals surface area contributed by atoms with Crippen molar-refractivity contribution in [2.45, 2.75) is 118 Å². The lowest BCUT2D eigenvalue weighted by atomic mass is 9.89. The molecule has 9 heteroatoms. The molecule has 0 heterocycles. The lowest BCUT2D eigenvalue weighted by molar-refractivity contribution is -0.150. The molecule has 0 fully saturated rings. The number of benzene rings is 1. The average Bonchev–Trinajstić information content (AvgIpc) is 2.88. The number of esters is 1. The van der Waals surface area contributed by atoms with Crippen molar-refractivity contribution in [3.8, 4) is 0 Å². The Morgan fingerprint density at radius 1 is 0.950 bits per heavy atom. The molecule has 0 saturated carbocycles. The number of alkyl carbamates (subject to hydrolysis) is 1. The third-order valence-corrected chi connectivity index (χ3v) is 7.05. The molecule has 0 aliphatic carbocycles. The minimum Gasteiger partial charge on any atom is -0.466 e. The molecule has 3 atom stereocenters. The highest BCUT2D eigenvalue weighted by Crippen LogP contribution is 2.33. The molecule has 1 rings (SSSR count). The van der Waals surface area contributed by atoms with Gasteiger partial charge in [-0.15, -0.1) is 0 Å². The van der Waals surface area contributed by atoms with E-state index in [4.69, 9.17) is 9.47 Å². The van der Waals surface area contributed by atoms with Gasteiger partial charge in [0, 0.05) is 12.1 Å². The Kier molecular flexibility index (Phi) is 13.6. The van der Waals surface area contributed by atoms with E-state index in [2.05, 4.69) is 10.6 Å². The fourth-order valence-corrected chi connectivity index (χ4v) is 4.18. The van der Waals surface area contributed by atoms with Gasteiger partial charge in [0.05, 0.1) is 13.0 Å². The van der Waals surface area contributed by atoms with Gasteiger partial charge < -0.3 is 25.0 Å². The van der Waals surface area contributed by atoms with Gasteiger partial charge in [-0.05, 0) is 71.4 Å². The van der Waals surface area contributed by atoms with Gasteiger partial charge in [-0.2, -0.15) is 0 Å². The van der Waals surface area contributed by atoms with Crippen LogP contribution in [0.15, 0.2) is 24.3 Å². The van der Waals surface area contributed by atoms with Gasteiger partial charge in [-0.3, -0.25) is 14.4 Å². The second-order valence-electron chi connectivity index (χ2n) is 11.7. The summed E-state index contributed by atoms with van der Waals surface area (Å²) in [6.45, 7) is 19.0. The Hall–Kier alpha value is -3.10. The zero-order valence-electron chi connectivity index (χ0n) is 26.2. The largest absolute Gasteiger partial charge is 0.466 e. The Morgan fingerprint density at radius 3 is 2.02 bits per heavy atom. The zero-order valence-corrected chi connectivity index (χ0v) is 26.2. The molecule has 0 radical (unpaired) electrons. The highest BCUT2D eigenvalue weighted by atomic mass is 16.6. The molecular formula is C31H51N3O6. The molecule has 9 nitrogen and oxygen atoms in total. The maximum atomic E-state index is 14.5. The standard InChI is InChI=1S/C31H51N3O6/c1-11-21(5)25(33-29(38)40-30(6,7)8)28(37)34(31(9,10)13-3)26(23-17-15-22(12-2)16-18-23)27(36)32-20-19-24(35)39-14-4/h15-18,21,25-26H,11-14,19-20H2,1-10H3,(H,32,36)(H,33,38). The van der Waals surface area contributed by atoms with Crippen molar-refractivity contribution < 1.29 is 28.7 Å². The topological polar surface area (TPSA) is 114 Å². The maximum Gasteiger partial charge on any atom is 0.408 e. The first kappa shape index (κ1) is 34.9. The van der Waals surface area contributed by atoms with Crippen molar-refractivity contribution in [3.05, 3.63) is 35.4 Å². The van der Waals surface area contributed by atoms with Crippen LogP contribution in [0, 0.1) is 5.92 Å². The molecule has 0 bridgehead atoms. The van der Waals surface area contributed by atoms with Crippen LogP contribution in [0.2, 0.25) is 0 Å². The van der Waals surface area contributed by atoms with Crippen LogP contribution in [-0.2, 0) is 30.3 Å². The van der Waals surface area contributed by atoms with Crippen LogP contribution in [0.25, 0.3) is 0 Å². The van der Waals surface area contributed by atoms with Crippen LogP contribution >= 0.6 is 0 Å². The predicted octanol–water partition coefficient (Wildman–Crippen LogP) is 5.32. The van der Waals surface area contributed by atoms with Crippen LogP contribution < -0.4 is 10.6 Å². The van der Waals surface area contributed by atoms with E-state index in [1.54, 1.807) is 32.6 Å². The van der Waals surface area contributed by atoms with Crippen LogP contribution in [0.3, 0.4) is 0 Å². The second kappa shape index (κ2) is 15.6. The molecule has 226 valence electrons. The van der Waals surface area contributed by atoms with Crippen molar-refractivity contribution in [1.29, 1.82) is 0 Å². The molecule has 1 aromatic rings. The number of hydrogen-bond donors (Lipinski definition) is 2. The normalized spacial score (nSPS) is 13.9. The summed E-state index contributed by atoms with van der Waals surface area (Å²) in [6, 6.07) is 5.69. The van der Waals surface area contributed by atoms with Crippen LogP contribution in [0.1, 0.15) is 106 Å². The lowest BCUT2D eigenvalue weighted by Gasteiger charge is -2.45. The second-order valence-corrected chi connectivity index (χ2v) is 11.7. The van der Waals surface area contributed by atoms with E-state index < -0.39 is 41.2 Å². The summed E-state index contributed by atoms with van der Waals surface area (Å²) >= 11 is 0. The van der Waals surface area contributed by atoms with E-state index in [0.717, 1.165) is 12.0 Å². The maximum absolute atomic E-state index is 14.5. The molecule has 0 aliphatic heterocycles. The quantitative estimate of drug-likeness (QED) is 0.297. The van der Waals surface area contributed by atoms with E-state index >= 15 is 0 Å². The highest BCUT2D eigenvalue weighted by Gasteiger charge is 2.44. The van der Waals surface area contributed by atoms with Gasteiger partial charge in [0.2, 0.25) is 11.8 Å². The first-order valence-electron chi connectivity index (χ1n) is 14.5. The fraction of sp³-hybridized carbons (Fsp3) is 0.677. The number of amides is 3. The number of nitrogens with one attached hydrogen (secondary N) is 2. The van der Waals surface area contributed by atoms with Crippen LogP contribution in [0.4, 0.5) is 4.79 Å². The Morgan fingerprint density at radius 2 is 1.55 bits per heavy atom. The summed E-state index contributed by atoms with van der Waals surface area (Å²) in [4.78, 5) is 54.6. The van der Waals surface area contributed by atoms with E-state index in [1.165, 1.54) is 0 Å². The third-order valence-electron chi connectivity index (χ3n) is 7.05. The summed E-state index contributed by atoms with van der Waals surface area (Å²) in [7, 11) is 0. The molecule has 0 spiro atoms. The number of carbonyl (C=O) groups is 4. The van der Waals surface area contributed by atoms with Crippen molar-refractivity contribution in [2.24, 2.45) is 5.92 Å². The van der Waals surface area contributed by atoms with Crippen molar-refractivity contribution >= 4 is 23.9 Å². The van der Waals surface area contributed by atoms with Gasteiger partial charge >= 0.3 is 12.1 Å². The Labute approximate surface area is 240 Å².